The van der Waals surface area contributed by atoms with E-state index in [2.05, 4.69) is 67.9 Å². The summed E-state index contributed by atoms with van der Waals surface area (Å²) < 4.78 is 5.04. The van der Waals surface area contributed by atoms with Crippen molar-refractivity contribution in [1.29, 1.82) is 0 Å². The first-order chi connectivity index (χ1) is 12.0. The lowest BCUT2D eigenvalue weighted by Gasteiger charge is -2.18. The molecule has 0 bridgehead atoms. The van der Waals surface area contributed by atoms with Gasteiger partial charge < -0.3 is 20.7 Å². The van der Waals surface area contributed by atoms with Crippen molar-refractivity contribution in [3.8, 4) is 0 Å². The molecular formula is C20H37IN4O. The highest BCUT2D eigenvalue weighted by atomic mass is 127. The number of methoxy groups -OCH3 is 1. The van der Waals surface area contributed by atoms with E-state index in [1.54, 1.807) is 7.11 Å². The molecule has 26 heavy (non-hydrogen) atoms. The van der Waals surface area contributed by atoms with E-state index in [1.807, 2.05) is 0 Å². The quantitative estimate of drug-likeness (QED) is 0.194. The third-order valence-electron chi connectivity index (χ3n) is 3.91. The summed E-state index contributed by atoms with van der Waals surface area (Å²) in [4.78, 5) is 4.71. The predicted octanol–water partition coefficient (Wildman–Crippen LogP) is 4.24. The molecule has 3 N–H and O–H groups in total. The number of rotatable bonds is 11. The van der Waals surface area contributed by atoms with Crippen molar-refractivity contribution >= 4 is 35.6 Å². The summed E-state index contributed by atoms with van der Waals surface area (Å²) in [6, 6.07) is 8.83. The van der Waals surface area contributed by atoms with Gasteiger partial charge in [-0.3, -0.25) is 0 Å². The van der Waals surface area contributed by atoms with Crippen LogP contribution in [-0.2, 0) is 11.3 Å². The Balaban J connectivity index is 0.00000625. The van der Waals surface area contributed by atoms with Crippen LogP contribution >= 0.6 is 24.0 Å². The first kappa shape index (κ1) is 25.0. The fourth-order valence-electron chi connectivity index (χ4n) is 2.40. The van der Waals surface area contributed by atoms with Crippen molar-refractivity contribution in [2.75, 3.05) is 32.1 Å². The zero-order valence-electron chi connectivity index (χ0n) is 17.0. The van der Waals surface area contributed by atoms with E-state index in [0.717, 1.165) is 37.1 Å². The Kier molecular flexibility index (Phi) is 14.5. The highest BCUT2D eigenvalue weighted by Crippen LogP contribution is 2.10. The molecule has 6 heteroatoms. The molecule has 1 rings (SSSR count). The number of benzene rings is 1. The topological polar surface area (TPSA) is 57.7 Å². The Morgan fingerprint density at radius 3 is 2.38 bits per heavy atom. The van der Waals surface area contributed by atoms with Crippen molar-refractivity contribution < 1.29 is 4.74 Å². The average Bonchev–Trinajstić information content (AvgIpc) is 2.59. The largest absolute Gasteiger partial charge is 0.383 e. The number of ether oxygens (including phenoxy) is 1. The van der Waals surface area contributed by atoms with E-state index >= 15 is 0 Å². The van der Waals surface area contributed by atoms with Crippen molar-refractivity contribution in [2.45, 2.75) is 53.1 Å². The Morgan fingerprint density at radius 1 is 1.12 bits per heavy atom. The molecule has 1 aromatic carbocycles. The minimum atomic E-state index is 0. The van der Waals surface area contributed by atoms with Crippen molar-refractivity contribution in [1.82, 2.24) is 10.6 Å². The van der Waals surface area contributed by atoms with Gasteiger partial charge in [-0.25, -0.2) is 4.99 Å². The molecule has 1 aromatic rings. The van der Waals surface area contributed by atoms with Crippen molar-refractivity contribution in [2.24, 2.45) is 10.9 Å². The van der Waals surface area contributed by atoms with Crippen LogP contribution in [0.5, 0.6) is 0 Å². The summed E-state index contributed by atoms with van der Waals surface area (Å²) in [6.07, 6.45) is 2.38. The highest BCUT2D eigenvalue weighted by Gasteiger charge is 2.06. The third-order valence-corrected chi connectivity index (χ3v) is 3.91. The minimum absolute atomic E-state index is 0. The fraction of sp³-hybridized carbons (Fsp3) is 0.650. The third kappa shape index (κ3) is 11.6. The van der Waals surface area contributed by atoms with Gasteiger partial charge in [-0.2, -0.15) is 0 Å². The molecule has 1 unspecified atom stereocenters. The maximum absolute atomic E-state index is 5.04. The number of hydrogen-bond donors (Lipinski definition) is 3. The molecule has 0 saturated carbocycles. The summed E-state index contributed by atoms with van der Waals surface area (Å²) in [5.74, 6) is 1.63. The average molecular weight is 476 g/mol. The summed E-state index contributed by atoms with van der Waals surface area (Å²) in [5.41, 5.74) is 2.31. The molecule has 0 saturated heterocycles. The van der Waals surface area contributed by atoms with E-state index in [-0.39, 0.29) is 24.0 Å². The first-order valence-corrected chi connectivity index (χ1v) is 9.41. The summed E-state index contributed by atoms with van der Waals surface area (Å²) in [7, 11) is 1.71. The second kappa shape index (κ2) is 15.1. The predicted molar refractivity (Wildman–Crippen MR) is 124 cm³/mol. The molecule has 0 fully saturated rings. The van der Waals surface area contributed by atoms with E-state index in [4.69, 9.17) is 9.73 Å². The normalized spacial score (nSPS) is 12.5. The fourth-order valence-corrected chi connectivity index (χ4v) is 2.40. The molecule has 0 amide bonds. The van der Waals surface area contributed by atoms with Gasteiger partial charge in [0.05, 0.1) is 13.2 Å². The van der Waals surface area contributed by atoms with Crippen LogP contribution in [0.15, 0.2) is 29.3 Å². The van der Waals surface area contributed by atoms with Gasteiger partial charge in [0.15, 0.2) is 5.96 Å². The van der Waals surface area contributed by atoms with E-state index in [9.17, 15) is 0 Å². The number of halogens is 1. The first-order valence-electron chi connectivity index (χ1n) is 9.41. The maximum Gasteiger partial charge on any atom is 0.191 e. The van der Waals surface area contributed by atoms with Gasteiger partial charge in [-0.1, -0.05) is 26.0 Å². The number of guanidine groups is 1. The minimum Gasteiger partial charge on any atom is -0.383 e. The highest BCUT2D eigenvalue weighted by molar-refractivity contribution is 14.0. The molecule has 150 valence electrons. The lowest BCUT2D eigenvalue weighted by Crippen LogP contribution is -2.42. The molecule has 0 aliphatic rings. The Morgan fingerprint density at radius 2 is 1.81 bits per heavy atom. The summed E-state index contributed by atoms with van der Waals surface area (Å²) in [5, 5.41) is 10.2. The second-order valence-electron chi connectivity index (χ2n) is 6.83. The molecule has 0 aromatic heterocycles. The van der Waals surface area contributed by atoms with Crippen LogP contribution in [0.4, 0.5) is 5.69 Å². The monoisotopic (exact) mass is 476 g/mol. The number of aliphatic imine (C=N–C) groups is 1. The smallest absolute Gasteiger partial charge is 0.191 e. The Labute approximate surface area is 176 Å². The SMILES string of the molecule is CCNC(=NCc1ccc(NCCOC)cc1)NC(C)CCC(C)C.I. The van der Waals surface area contributed by atoms with Gasteiger partial charge in [-0.05, 0) is 50.3 Å². The van der Waals surface area contributed by atoms with Crippen LogP contribution in [0.25, 0.3) is 0 Å². The summed E-state index contributed by atoms with van der Waals surface area (Å²) in [6.45, 7) is 11.9. The van der Waals surface area contributed by atoms with Gasteiger partial charge in [0, 0.05) is 31.9 Å². The van der Waals surface area contributed by atoms with Gasteiger partial charge in [0.25, 0.3) is 0 Å². The van der Waals surface area contributed by atoms with Crippen LogP contribution in [0.2, 0.25) is 0 Å². The van der Waals surface area contributed by atoms with Crippen molar-refractivity contribution in [3.05, 3.63) is 29.8 Å². The van der Waals surface area contributed by atoms with Crippen LogP contribution in [0.1, 0.15) is 46.1 Å². The molecule has 5 nitrogen and oxygen atoms in total. The van der Waals surface area contributed by atoms with Gasteiger partial charge in [0.2, 0.25) is 0 Å². The van der Waals surface area contributed by atoms with Gasteiger partial charge in [0.1, 0.15) is 0 Å². The van der Waals surface area contributed by atoms with E-state index in [1.165, 1.54) is 12.0 Å². The summed E-state index contributed by atoms with van der Waals surface area (Å²) >= 11 is 0. The zero-order chi connectivity index (χ0) is 18.5. The van der Waals surface area contributed by atoms with Gasteiger partial charge in [-0.15, -0.1) is 24.0 Å². The van der Waals surface area contributed by atoms with Crippen LogP contribution in [0, 0.1) is 5.92 Å². The molecule has 0 radical (unpaired) electrons. The number of anilines is 1. The molecule has 0 aliphatic heterocycles. The van der Waals surface area contributed by atoms with Crippen LogP contribution < -0.4 is 16.0 Å². The number of hydrogen-bond acceptors (Lipinski definition) is 3. The Hall–Kier alpha value is -1.02. The number of nitrogens with one attached hydrogen (secondary N) is 3. The standard InChI is InChI=1S/C20H36N4O.HI/c1-6-21-20(24-17(4)8-7-16(2)3)23-15-18-9-11-19(12-10-18)22-13-14-25-5;/h9-12,16-17,22H,6-8,13-15H2,1-5H3,(H2,21,23,24);1H. The van der Waals surface area contributed by atoms with E-state index in [0.29, 0.717) is 19.2 Å². The van der Waals surface area contributed by atoms with Crippen LogP contribution in [0.3, 0.4) is 0 Å². The lowest BCUT2D eigenvalue weighted by atomic mass is 10.0. The maximum atomic E-state index is 5.04. The molecule has 0 heterocycles. The van der Waals surface area contributed by atoms with Gasteiger partial charge >= 0.3 is 0 Å². The second-order valence-corrected chi connectivity index (χ2v) is 6.83. The molecule has 0 spiro atoms. The molecule has 0 aliphatic carbocycles. The Bertz CT molecular complexity index is 491. The molecular weight excluding hydrogens is 439 g/mol. The zero-order valence-corrected chi connectivity index (χ0v) is 19.3. The molecule has 1 atom stereocenters. The van der Waals surface area contributed by atoms with Crippen molar-refractivity contribution in [3.63, 3.8) is 0 Å². The van der Waals surface area contributed by atoms with Crippen LogP contribution in [-0.4, -0.2) is 38.8 Å². The van der Waals surface area contributed by atoms with E-state index < -0.39 is 0 Å². The lowest BCUT2D eigenvalue weighted by molar-refractivity contribution is 0.211. The number of nitrogens with zero attached hydrogens (tertiary/aromatic N) is 1.